The number of aldehydes is 1. The molecule has 3 rings (SSSR count). The van der Waals surface area contributed by atoms with E-state index >= 15 is 0 Å². The van der Waals surface area contributed by atoms with Crippen LogP contribution in [0.2, 0.25) is 0 Å². The molecule has 126 valence electrons. The van der Waals surface area contributed by atoms with Crippen LogP contribution in [0.15, 0.2) is 60.7 Å². The largest absolute Gasteiger partial charge is 0.358 e. The molecule has 2 aromatic rings. The van der Waals surface area contributed by atoms with Crippen molar-refractivity contribution in [2.45, 2.75) is 44.6 Å². The molecule has 3 nitrogen and oxygen atoms in total. The van der Waals surface area contributed by atoms with Crippen molar-refractivity contribution in [1.29, 1.82) is 0 Å². The zero-order valence-corrected chi connectivity index (χ0v) is 14.0. The molecule has 1 aliphatic rings. The molecule has 24 heavy (non-hydrogen) atoms. The molecule has 0 saturated carbocycles. The fourth-order valence-electron chi connectivity index (χ4n) is 3.34. The Hall–Kier alpha value is -1.97. The highest BCUT2D eigenvalue weighted by Gasteiger charge is 2.29. The van der Waals surface area contributed by atoms with Crippen LogP contribution in [0.5, 0.6) is 0 Å². The fourth-order valence-corrected chi connectivity index (χ4v) is 3.34. The first-order valence-electron chi connectivity index (χ1n) is 8.77. The number of carbonyl (C=O) groups is 1. The Bertz CT molecular complexity index is 614. The molecule has 0 aliphatic carbocycles. The molecule has 0 N–H and O–H groups in total. The lowest BCUT2D eigenvalue weighted by Gasteiger charge is -2.38. The van der Waals surface area contributed by atoms with Gasteiger partial charge in [0.15, 0.2) is 0 Å². The van der Waals surface area contributed by atoms with E-state index in [0.29, 0.717) is 6.61 Å². The maximum absolute atomic E-state index is 11.5. The van der Waals surface area contributed by atoms with Crippen LogP contribution in [0.1, 0.15) is 30.4 Å². The maximum Gasteiger partial charge on any atom is 0.137 e. The molecule has 3 heteroatoms. The lowest BCUT2D eigenvalue weighted by Crippen LogP contribution is -2.49. The van der Waals surface area contributed by atoms with Crippen molar-refractivity contribution in [2.75, 3.05) is 6.54 Å². The van der Waals surface area contributed by atoms with Gasteiger partial charge in [0.2, 0.25) is 0 Å². The molecule has 2 aromatic carbocycles. The Morgan fingerprint density at radius 2 is 1.67 bits per heavy atom. The summed E-state index contributed by atoms with van der Waals surface area (Å²) in [5, 5.41) is 0. The van der Waals surface area contributed by atoms with Crippen molar-refractivity contribution < 1.29 is 9.53 Å². The molecule has 1 aliphatic heterocycles. The standard InChI is InChI=1S/C21H25NO2/c23-16-20-13-7-8-14-22(20)21(15-18-9-3-1-4-10-18)24-17-19-11-5-2-6-12-19/h1-6,9-12,16,20-21H,7-8,13-15,17H2. The molecule has 0 spiro atoms. The van der Waals surface area contributed by atoms with Crippen LogP contribution in [0.25, 0.3) is 0 Å². The molecule has 0 amide bonds. The third kappa shape index (κ3) is 4.53. The summed E-state index contributed by atoms with van der Waals surface area (Å²) in [4.78, 5) is 13.7. The summed E-state index contributed by atoms with van der Waals surface area (Å²) in [5.74, 6) is 0. The van der Waals surface area contributed by atoms with E-state index in [2.05, 4.69) is 41.3 Å². The number of piperidine rings is 1. The minimum Gasteiger partial charge on any atom is -0.358 e. The maximum atomic E-state index is 11.5. The number of rotatable bonds is 7. The van der Waals surface area contributed by atoms with E-state index in [-0.39, 0.29) is 12.3 Å². The summed E-state index contributed by atoms with van der Waals surface area (Å²) in [6.07, 6.45) is 5.01. The monoisotopic (exact) mass is 323 g/mol. The fraction of sp³-hybridized carbons (Fsp3) is 0.381. The first kappa shape index (κ1) is 16.9. The minimum absolute atomic E-state index is 0.0248. The number of likely N-dealkylation sites (tertiary alicyclic amines) is 1. The van der Waals surface area contributed by atoms with Gasteiger partial charge in [0.1, 0.15) is 12.5 Å². The van der Waals surface area contributed by atoms with Crippen molar-refractivity contribution in [2.24, 2.45) is 0 Å². The van der Waals surface area contributed by atoms with E-state index in [1.165, 1.54) is 5.56 Å². The van der Waals surface area contributed by atoms with Gasteiger partial charge in [-0.05, 0) is 24.0 Å². The third-order valence-electron chi connectivity index (χ3n) is 4.66. The van der Waals surface area contributed by atoms with Crippen LogP contribution >= 0.6 is 0 Å². The van der Waals surface area contributed by atoms with Gasteiger partial charge in [-0.3, -0.25) is 4.90 Å². The summed E-state index contributed by atoms with van der Waals surface area (Å²) in [7, 11) is 0. The van der Waals surface area contributed by atoms with Crippen LogP contribution in [-0.2, 0) is 22.6 Å². The predicted octanol–water partition coefficient (Wildman–Crippen LogP) is 3.83. The zero-order valence-electron chi connectivity index (χ0n) is 14.0. The van der Waals surface area contributed by atoms with E-state index < -0.39 is 0 Å². The van der Waals surface area contributed by atoms with Gasteiger partial charge in [-0.25, -0.2) is 0 Å². The smallest absolute Gasteiger partial charge is 0.137 e. The van der Waals surface area contributed by atoms with E-state index in [0.717, 1.165) is 44.1 Å². The number of ether oxygens (including phenoxy) is 1. The van der Waals surface area contributed by atoms with Gasteiger partial charge in [-0.15, -0.1) is 0 Å². The molecule has 0 bridgehead atoms. The predicted molar refractivity (Wildman–Crippen MR) is 95.6 cm³/mol. The summed E-state index contributed by atoms with van der Waals surface area (Å²) >= 11 is 0. The second-order valence-corrected chi connectivity index (χ2v) is 6.38. The van der Waals surface area contributed by atoms with Crippen molar-refractivity contribution >= 4 is 6.29 Å². The summed E-state index contributed by atoms with van der Waals surface area (Å²) in [5.41, 5.74) is 2.40. The van der Waals surface area contributed by atoms with Crippen molar-refractivity contribution in [3.8, 4) is 0 Å². The van der Waals surface area contributed by atoms with E-state index in [1.54, 1.807) is 0 Å². The van der Waals surface area contributed by atoms with Gasteiger partial charge in [0.25, 0.3) is 0 Å². The Balaban J connectivity index is 1.73. The molecule has 0 radical (unpaired) electrons. The number of benzene rings is 2. The lowest BCUT2D eigenvalue weighted by molar-refractivity contribution is -0.127. The first-order valence-corrected chi connectivity index (χ1v) is 8.77. The molecule has 1 fully saturated rings. The molecule has 1 saturated heterocycles. The van der Waals surface area contributed by atoms with E-state index in [1.807, 2.05) is 24.3 Å². The summed E-state index contributed by atoms with van der Waals surface area (Å²) in [6.45, 7) is 1.50. The van der Waals surface area contributed by atoms with E-state index in [4.69, 9.17) is 4.74 Å². The van der Waals surface area contributed by atoms with Crippen LogP contribution in [0.3, 0.4) is 0 Å². The highest BCUT2D eigenvalue weighted by atomic mass is 16.5. The molecular formula is C21H25NO2. The number of hydrogen-bond donors (Lipinski definition) is 0. The van der Waals surface area contributed by atoms with Crippen molar-refractivity contribution in [3.63, 3.8) is 0 Å². The average molecular weight is 323 g/mol. The first-order chi connectivity index (χ1) is 11.9. The summed E-state index contributed by atoms with van der Waals surface area (Å²) < 4.78 is 6.27. The van der Waals surface area contributed by atoms with Crippen LogP contribution < -0.4 is 0 Å². The third-order valence-corrected chi connectivity index (χ3v) is 4.66. The Morgan fingerprint density at radius 3 is 2.33 bits per heavy atom. The summed E-state index contributed by atoms with van der Waals surface area (Å²) in [6, 6.07) is 20.6. The van der Waals surface area contributed by atoms with Gasteiger partial charge in [-0.1, -0.05) is 67.1 Å². The van der Waals surface area contributed by atoms with Crippen LogP contribution in [-0.4, -0.2) is 30.0 Å². The highest BCUT2D eigenvalue weighted by molar-refractivity contribution is 5.57. The second kappa shape index (κ2) is 8.76. The SMILES string of the molecule is O=CC1CCCCN1C(Cc1ccccc1)OCc1ccccc1. The lowest BCUT2D eigenvalue weighted by atomic mass is 10.0. The number of carbonyl (C=O) groups excluding carboxylic acids is 1. The molecule has 2 atom stereocenters. The number of hydrogen-bond acceptors (Lipinski definition) is 3. The topological polar surface area (TPSA) is 29.5 Å². The van der Waals surface area contributed by atoms with Crippen LogP contribution in [0.4, 0.5) is 0 Å². The Labute approximate surface area is 144 Å². The second-order valence-electron chi connectivity index (χ2n) is 6.38. The van der Waals surface area contributed by atoms with Crippen LogP contribution in [0, 0.1) is 0 Å². The Morgan fingerprint density at radius 1 is 1.00 bits per heavy atom. The number of nitrogens with zero attached hydrogens (tertiary/aromatic N) is 1. The zero-order chi connectivity index (χ0) is 16.6. The molecule has 1 heterocycles. The van der Waals surface area contributed by atoms with E-state index in [9.17, 15) is 4.79 Å². The van der Waals surface area contributed by atoms with Gasteiger partial charge >= 0.3 is 0 Å². The average Bonchev–Trinajstić information content (AvgIpc) is 2.67. The van der Waals surface area contributed by atoms with Gasteiger partial charge in [0.05, 0.1) is 12.6 Å². The molecule has 2 unspecified atom stereocenters. The highest BCUT2D eigenvalue weighted by Crippen LogP contribution is 2.22. The quantitative estimate of drug-likeness (QED) is 0.725. The molecule has 0 aromatic heterocycles. The van der Waals surface area contributed by atoms with Crippen molar-refractivity contribution in [1.82, 2.24) is 4.90 Å². The molecular weight excluding hydrogens is 298 g/mol. The van der Waals surface area contributed by atoms with Gasteiger partial charge in [0, 0.05) is 13.0 Å². The minimum atomic E-state index is -0.0666. The van der Waals surface area contributed by atoms with Crippen molar-refractivity contribution in [3.05, 3.63) is 71.8 Å². The van der Waals surface area contributed by atoms with Gasteiger partial charge in [-0.2, -0.15) is 0 Å². The Kier molecular flexibility index (Phi) is 6.16. The van der Waals surface area contributed by atoms with Gasteiger partial charge < -0.3 is 9.53 Å². The normalized spacial score (nSPS) is 19.8.